The summed E-state index contributed by atoms with van der Waals surface area (Å²) in [5, 5.41) is 8.61. The molecule has 0 unspecified atom stereocenters. The number of amides is 2. The van der Waals surface area contributed by atoms with E-state index in [9.17, 15) is 9.59 Å². The molecule has 0 aliphatic heterocycles. The molecule has 0 atom stereocenters. The maximum Gasteiger partial charge on any atom is 0.239 e. The molecule has 1 aromatic rings. The van der Waals surface area contributed by atoms with Gasteiger partial charge in [-0.25, -0.2) is 0 Å². The van der Waals surface area contributed by atoms with Crippen molar-refractivity contribution in [3.63, 3.8) is 0 Å². The second kappa shape index (κ2) is 6.78. The van der Waals surface area contributed by atoms with Crippen LogP contribution in [-0.2, 0) is 9.59 Å². The Morgan fingerprint density at radius 1 is 1.11 bits per heavy atom. The molecule has 1 aliphatic rings. The van der Waals surface area contributed by atoms with Gasteiger partial charge in [0.1, 0.15) is 0 Å². The third-order valence-electron chi connectivity index (χ3n) is 2.84. The van der Waals surface area contributed by atoms with Crippen LogP contribution in [0.4, 0.5) is 5.69 Å². The Labute approximate surface area is 112 Å². The predicted octanol–water partition coefficient (Wildman–Crippen LogP) is 0.883. The third-order valence-corrected chi connectivity index (χ3v) is 2.84. The van der Waals surface area contributed by atoms with Gasteiger partial charge in [0.2, 0.25) is 11.8 Å². The Hall–Kier alpha value is -2.04. The SMILES string of the molecule is O=C(CNc1ccccc1)NCCC(=O)NC1CC1. The highest BCUT2D eigenvalue weighted by Gasteiger charge is 2.22. The maximum absolute atomic E-state index is 11.5. The number of nitrogens with one attached hydrogen (secondary N) is 3. The highest BCUT2D eigenvalue weighted by Crippen LogP contribution is 2.18. The van der Waals surface area contributed by atoms with Crippen LogP contribution in [0.15, 0.2) is 30.3 Å². The summed E-state index contributed by atoms with van der Waals surface area (Å²) < 4.78 is 0. The number of carbonyl (C=O) groups is 2. The van der Waals surface area contributed by atoms with E-state index in [2.05, 4.69) is 16.0 Å². The Bertz CT molecular complexity index is 430. The lowest BCUT2D eigenvalue weighted by molar-refractivity contribution is -0.121. The molecule has 2 amide bonds. The van der Waals surface area contributed by atoms with Crippen LogP contribution < -0.4 is 16.0 Å². The van der Waals surface area contributed by atoms with E-state index < -0.39 is 0 Å². The molecule has 0 bridgehead atoms. The predicted molar refractivity (Wildman–Crippen MR) is 73.7 cm³/mol. The number of hydrogen-bond donors (Lipinski definition) is 3. The van der Waals surface area contributed by atoms with Gasteiger partial charge in [-0.05, 0) is 25.0 Å². The van der Waals surface area contributed by atoms with Gasteiger partial charge in [0.05, 0.1) is 6.54 Å². The smallest absolute Gasteiger partial charge is 0.239 e. The van der Waals surface area contributed by atoms with Crippen LogP contribution in [0.5, 0.6) is 0 Å². The number of hydrogen-bond acceptors (Lipinski definition) is 3. The van der Waals surface area contributed by atoms with Crippen LogP contribution in [-0.4, -0.2) is 30.9 Å². The number of anilines is 1. The minimum Gasteiger partial charge on any atom is -0.376 e. The standard InChI is InChI=1S/C14H19N3O2/c18-13(17-12-6-7-12)8-9-15-14(19)10-16-11-4-2-1-3-5-11/h1-5,12,16H,6-10H2,(H,15,19)(H,17,18). The Morgan fingerprint density at radius 2 is 1.84 bits per heavy atom. The van der Waals surface area contributed by atoms with Gasteiger partial charge in [-0.15, -0.1) is 0 Å². The summed E-state index contributed by atoms with van der Waals surface area (Å²) in [6.07, 6.45) is 2.51. The molecule has 5 heteroatoms. The van der Waals surface area contributed by atoms with Crippen molar-refractivity contribution in [1.82, 2.24) is 10.6 Å². The van der Waals surface area contributed by atoms with Gasteiger partial charge in [0, 0.05) is 24.7 Å². The van der Waals surface area contributed by atoms with Crippen molar-refractivity contribution >= 4 is 17.5 Å². The van der Waals surface area contributed by atoms with Crippen LogP contribution in [0.2, 0.25) is 0 Å². The fourth-order valence-corrected chi connectivity index (χ4v) is 1.64. The largest absolute Gasteiger partial charge is 0.376 e. The Kier molecular flexibility index (Phi) is 4.78. The van der Waals surface area contributed by atoms with E-state index in [-0.39, 0.29) is 18.4 Å². The summed E-state index contributed by atoms with van der Waals surface area (Å²) in [6.45, 7) is 0.599. The zero-order chi connectivity index (χ0) is 13.5. The second-order valence-electron chi connectivity index (χ2n) is 4.66. The summed E-state index contributed by atoms with van der Waals surface area (Å²) in [7, 11) is 0. The topological polar surface area (TPSA) is 70.2 Å². The van der Waals surface area contributed by atoms with Gasteiger partial charge in [0.25, 0.3) is 0 Å². The molecule has 0 spiro atoms. The van der Waals surface area contributed by atoms with Gasteiger partial charge in [-0.2, -0.15) is 0 Å². The normalized spacial score (nSPS) is 13.7. The van der Waals surface area contributed by atoms with Crippen LogP contribution in [0, 0.1) is 0 Å². The summed E-state index contributed by atoms with van der Waals surface area (Å²) in [6, 6.07) is 9.91. The first kappa shape index (κ1) is 13.4. The van der Waals surface area contributed by atoms with Gasteiger partial charge >= 0.3 is 0 Å². The van der Waals surface area contributed by atoms with Crippen LogP contribution in [0.1, 0.15) is 19.3 Å². The van der Waals surface area contributed by atoms with Gasteiger partial charge in [-0.1, -0.05) is 18.2 Å². The summed E-state index contributed by atoms with van der Waals surface area (Å²) in [5.74, 6) is -0.0955. The molecule has 1 fully saturated rings. The van der Waals surface area contributed by atoms with Crippen LogP contribution in [0.3, 0.4) is 0 Å². The third kappa shape index (κ3) is 5.42. The lowest BCUT2D eigenvalue weighted by Gasteiger charge is -2.07. The number of benzene rings is 1. The Balaban J connectivity index is 1.55. The van der Waals surface area contributed by atoms with Gasteiger partial charge in [-0.3, -0.25) is 9.59 Å². The summed E-state index contributed by atoms with van der Waals surface area (Å²) >= 11 is 0. The fraction of sp³-hybridized carbons (Fsp3) is 0.429. The number of rotatable bonds is 7. The van der Waals surface area contributed by atoms with Crippen LogP contribution >= 0.6 is 0 Å². The molecule has 0 saturated heterocycles. The molecule has 5 nitrogen and oxygen atoms in total. The van der Waals surface area contributed by atoms with Crippen molar-refractivity contribution in [2.75, 3.05) is 18.4 Å². The molecule has 2 rings (SSSR count). The molecule has 0 heterocycles. The minimum atomic E-state index is -0.108. The molecule has 0 aromatic heterocycles. The molecule has 3 N–H and O–H groups in total. The zero-order valence-corrected chi connectivity index (χ0v) is 10.8. The molecule has 19 heavy (non-hydrogen) atoms. The van der Waals surface area contributed by atoms with E-state index >= 15 is 0 Å². The number of carbonyl (C=O) groups excluding carboxylic acids is 2. The van der Waals surface area contributed by atoms with Crippen LogP contribution in [0.25, 0.3) is 0 Å². The molecule has 1 aliphatic carbocycles. The lowest BCUT2D eigenvalue weighted by atomic mass is 10.3. The zero-order valence-electron chi connectivity index (χ0n) is 10.8. The van der Waals surface area contributed by atoms with Crippen molar-refractivity contribution < 1.29 is 9.59 Å². The van der Waals surface area contributed by atoms with Crippen molar-refractivity contribution in [3.8, 4) is 0 Å². The van der Waals surface area contributed by atoms with E-state index in [0.717, 1.165) is 18.5 Å². The van der Waals surface area contributed by atoms with E-state index in [0.29, 0.717) is 19.0 Å². The van der Waals surface area contributed by atoms with Crippen molar-refractivity contribution in [1.29, 1.82) is 0 Å². The molecule has 0 radical (unpaired) electrons. The second-order valence-corrected chi connectivity index (χ2v) is 4.66. The molecule has 1 aromatic carbocycles. The first-order valence-corrected chi connectivity index (χ1v) is 6.59. The average Bonchev–Trinajstić information content (AvgIpc) is 3.21. The average molecular weight is 261 g/mol. The highest BCUT2D eigenvalue weighted by molar-refractivity contribution is 5.82. The minimum absolute atomic E-state index is 0.0128. The molecule has 102 valence electrons. The first-order valence-electron chi connectivity index (χ1n) is 6.59. The van der Waals surface area contributed by atoms with Gasteiger partial charge in [0.15, 0.2) is 0 Å². The van der Waals surface area contributed by atoms with E-state index in [1.54, 1.807) is 0 Å². The Morgan fingerprint density at radius 3 is 2.53 bits per heavy atom. The summed E-state index contributed by atoms with van der Waals surface area (Å²) in [4.78, 5) is 22.9. The van der Waals surface area contributed by atoms with E-state index in [4.69, 9.17) is 0 Å². The summed E-state index contributed by atoms with van der Waals surface area (Å²) in [5.41, 5.74) is 0.907. The lowest BCUT2D eigenvalue weighted by Crippen LogP contribution is -2.34. The fourth-order valence-electron chi connectivity index (χ4n) is 1.64. The molecule has 1 saturated carbocycles. The highest BCUT2D eigenvalue weighted by atomic mass is 16.2. The molecular formula is C14H19N3O2. The monoisotopic (exact) mass is 261 g/mol. The van der Waals surface area contributed by atoms with Gasteiger partial charge < -0.3 is 16.0 Å². The van der Waals surface area contributed by atoms with Crippen molar-refractivity contribution in [2.45, 2.75) is 25.3 Å². The first-order chi connectivity index (χ1) is 9.24. The number of para-hydroxylation sites is 1. The van der Waals surface area contributed by atoms with E-state index in [1.807, 2.05) is 30.3 Å². The molecular weight excluding hydrogens is 242 g/mol. The quantitative estimate of drug-likeness (QED) is 0.682. The van der Waals surface area contributed by atoms with Crippen molar-refractivity contribution in [3.05, 3.63) is 30.3 Å². The van der Waals surface area contributed by atoms with Crippen molar-refractivity contribution in [2.24, 2.45) is 0 Å². The maximum atomic E-state index is 11.5. The van der Waals surface area contributed by atoms with E-state index in [1.165, 1.54) is 0 Å².